The molecule has 2 atom stereocenters. The molecule has 41 heavy (non-hydrogen) atoms. The third-order valence-corrected chi connectivity index (χ3v) is 8.27. The Balaban J connectivity index is 1.65. The van der Waals surface area contributed by atoms with Crippen LogP contribution in [0.2, 0.25) is 0 Å². The SMILES string of the molecule is Cc1cccc(C)c1-c1nc2nc(c1C)O[C@@H]1CN(C(=O)OC(C)(C)C)C[C@H]1NC(=O)c1cccc(c1)S(=O)(=O)N2. The number of amides is 2. The van der Waals surface area contributed by atoms with Gasteiger partial charge in [0.25, 0.3) is 15.9 Å². The Bertz CT molecular complexity index is 1630. The van der Waals surface area contributed by atoms with Gasteiger partial charge in [0.1, 0.15) is 11.7 Å². The molecule has 5 rings (SSSR count). The van der Waals surface area contributed by atoms with E-state index < -0.39 is 39.8 Å². The Kier molecular flexibility index (Phi) is 7.14. The summed E-state index contributed by atoms with van der Waals surface area (Å²) in [5, 5.41) is 2.92. The highest BCUT2D eigenvalue weighted by Crippen LogP contribution is 2.34. The summed E-state index contributed by atoms with van der Waals surface area (Å²) >= 11 is 0. The Morgan fingerprint density at radius 2 is 1.73 bits per heavy atom. The van der Waals surface area contributed by atoms with Gasteiger partial charge in [0.05, 0.1) is 23.2 Å². The lowest BCUT2D eigenvalue weighted by Gasteiger charge is -2.24. The van der Waals surface area contributed by atoms with E-state index in [1.807, 2.05) is 32.0 Å². The van der Waals surface area contributed by atoms with Crippen LogP contribution in [0.1, 0.15) is 47.8 Å². The molecule has 0 unspecified atom stereocenters. The number of sulfonamides is 1. The fourth-order valence-electron chi connectivity index (χ4n) is 4.97. The Labute approximate surface area is 239 Å². The zero-order valence-corrected chi connectivity index (χ0v) is 24.6. The molecule has 2 amide bonds. The smallest absolute Gasteiger partial charge is 0.410 e. The highest BCUT2D eigenvalue weighted by atomic mass is 32.2. The second kappa shape index (κ2) is 10.3. The van der Waals surface area contributed by atoms with Crippen molar-refractivity contribution < 1.29 is 27.5 Å². The number of ether oxygens (including phenoxy) is 2. The number of rotatable bonds is 1. The molecule has 0 spiro atoms. The second-order valence-electron chi connectivity index (χ2n) is 11.3. The molecule has 2 aliphatic heterocycles. The van der Waals surface area contributed by atoms with E-state index in [1.165, 1.54) is 29.2 Å². The number of carbonyl (C=O) groups is 2. The monoisotopic (exact) mass is 579 g/mol. The predicted molar refractivity (Wildman–Crippen MR) is 152 cm³/mol. The van der Waals surface area contributed by atoms with Crippen LogP contribution in [0, 0.1) is 20.8 Å². The Morgan fingerprint density at radius 3 is 2.41 bits per heavy atom. The van der Waals surface area contributed by atoms with Gasteiger partial charge in [0, 0.05) is 23.2 Å². The van der Waals surface area contributed by atoms with Gasteiger partial charge in [0.15, 0.2) is 0 Å². The van der Waals surface area contributed by atoms with Crippen molar-refractivity contribution in [3.8, 4) is 17.1 Å². The first kappa shape index (κ1) is 28.3. The topological polar surface area (TPSA) is 140 Å². The molecular formula is C29H33N5O6S. The van der Waals surface area contributed by atoms with E-state index in [9.17, 15) is 18.0 Å². The highest BCUT2D eigenvalue weighted by Gasteiger charge is 2.40. The third kappa shape index (κ3) is 5.83. The lowest BCUT2D eigenvalue weighted by molar-refractivity contribution is 0.0274. The minimum Gasteiger partial charge on any atom is -0.470 e. The molecule has 3 heterocycles. The molecule has 1 fully saturated rings. The van der Waals surface area contributed by atoms with E-state index in [-0.39, 0.29) is 35.4 Å². The van der Waals surface area contributed by atoms with Gasteiger partial charge >= 0.3 is 6.09 Å². The molecule has 216 valence electrons. The van der Waals surface area contributed by atoms with Crippen LogP contribution in [-0.4, -0.2) is 66.1 Å². The van der Waals surface area contributed by atoms with Crippen LogP contribution in [0.25, 0.3) is 11.3 Å². The lowest BCUT2D eigenvalue weighted by Crippen LogP contribution is -2.45. The molecule has 0 aliphatic carbocycles. The van der Waals surface area contributed by atoms with Crippen LogP contribution in [0.15, 0.2) is 47.4 Å². The first-order valence-electron chi connectivity index (χ1n) is 13.3. The number of hydrogen-bond acceptors (Lipinski definition) is 8. The van der Waals surface area contributed by atoms with Gasteiger partial charge in [-0.05, 0) is 70.9 Å². The van der Waals surface area contributed by atoms with Crippen molar-refractivity contribution in [2.75, 3.05) is 17.8 Å². The Morgan fingerprint density at radius 1 is 1.05 bits per heavy atom. The zero-order valence-electron chi connectivity index (χ0n) is 23.8. The molecule has 0 radical (unpaired) electrons. The number of likely N-dealkylation sites (tertiary alicyclic amines) is 1. The van der Waals surface area contributed by atoms with Gasteiger partial charge in [0.2, 0.25) is 11.8 Å². The number of nitrogens with zero attached hydrogens (tertiary/aromatic N) is 3. The molecule has 4 bridgehead atoms. The third-order valence-electron chi connectivity index (χ3n) is 6.95. The molecule has 12 heteroatoms. The summed E-state index contributed by atoms with van der Waals surface area (Å²) < 4.78 is 41.1. The molecule has 2 aromatic carbocycles. The summed E-state index contributed by atoms with van der Waals surface area (Å²) in [6.45, 7) is 11.3. The van der Waals surface area contributed by atoms with Crippen molar-refractivity contribution in [2.24, 2.45) is 0 Å². The van der Waals surface area contributed by atoms with E-state index in [2.05, 4.69) is 20.0 Å². The van der Waals surface area contributed by atoms with Gasteiger partial charge in [-0.3, -0.25) is 4.79 Å². The van der Waals surface area contributed by atoms with Crippen LogP contribution in [0.3, 0.4) is 0 Å². The molecular weight excluding hydrogens is 546 g/mol. The zero-order chi connectivity index (χ0) is 29.7. The number of carbonyl (C=O) groups excluding carboxylic acids is 2. The van der Waals surface area contributed by atoms with Crippen molar-refractivity contribution in [3.05, 3.63) is 64.7 Å². The quantitative estimate of drug-likeness (QED) is 0.441. The fourth-order valence-corrected chi connectivity index (χ4v) is 5.96. The molecule has 2 aliphatic rings. The number of anilines is 1. The number of benzene rings is 2. The van der Waals surface area contributed by atoms with Crippen LogP contribution in [0.4, 0.5) is 10.7 Å². The molecule has 11 nitrogen and oxygen atoms in total. The lowest BCUT2D eigenvalue weighted by atomic mass is 9.97. The number of nitrogens with one attached hydrogen (secondary N) is 2. The van der Waals surface area contributed by atoms with Gasteiger partial charge < -0.3 is 19.7 Å². The van der Waals surface area contributed by atoms with Crippen LogP contribution >= 0.6 is 0 Å². The summed E-state index contributed by atoms with van der Waals surface area (Å²) in [7, 11) is -4.15. The van der Waals surface area contributed by atoms with Crippen LogP contribution < -0.4 is 14.8 Å². The molecule has 2 N–H and O–H groups in total. The fraction of sp³-hybridized carbons (Fsp3) is 0.379. The second-order valence-corrected chi connectivity index (χ2v) is 13.0. The van der Waals surface area contributed by atoms with E-state index in [4.69, 9.17) is 9.47 Å². The number of hydrogen-bond donors (Lipinski definition) is 2. The molecule has 0 saturated carbocycles. The first-order chi connectivity index (χ1) is 19.2. The van der Waals surface area contributed by atoms with Crippen molar-refractivity contribution in [2.45, 2.75) is 64.2 Å². The normalized spacial score (nSPS) is 19.9. The number of aromatic nitrogens is 2. The minimum absolute atomic E-state index is 0.114. The molecule has 3 aromatic rings. The molecule has 1 saturated heterocycles. The largest absolute Gasteiger partial charge is 0.470 e. The van der Waals surface area contributed by atoms with Crippen molar-refractivity contribution >= 4 is 28.0 Å². The summed E-state index contributed by atoms with van der Waals surface area (Å²) in [4.78, 5) is 36.6. The van der Waals surface area contributed by atoms with E-state index in [0.29, 0.717) is 11.3 Å². The van der Waals surface area contributed by atoms with E-state index in [0.717, 1.165) is 16.7 Å². The predicted octanol–water partition coefficient (Wildman–Crippen LogP) is 3.98. The standard InChI is InChI=1S/C29H33N5O6S/c1-16-9-7-10-17(2)23(16)24-18(3)26-32-27(31-24)33-41(37,38)20-12-8-11-19(13-20)25(35)30-21-14-34(15-22(21)39-26)28(36)40-29(4,5)6/h7-13,21-22H,14-15H2,1-6H3,(H,30,35)(H,31,32,33)/t21-,22-/m1/s1. The maximum atomic E-state index is 13.4. The Hall–Kier alpha value is -4.19. The maximum absolute atomic E-state index is 13.4. The maximum Gasteiger partial charge on any atom is 0.410 e. The van der Waals surface area contributed by atoms with Crippen LogP contribution in [-0.2, 0) is 14.8 Å². The summed E-state index contributed by atoms with van der Waals surface area (Å²) in [6, 6.07) is 10.9. The minimum atomic E-state index is -4.15. The average molecular weight is 580 g/mol. The number of aryl methyl sites for hydroxylation is 2. The van der Waals surface area contributed by atoms with Crippen molar-refractivity contribution in [1.82, 2.24) is 20.2 Å². The first-order valence-corrected chi connectivity index (χ1v) is 14.7. The van der Waals surface area contributed by atoms with Crippen molar-refractivity contribution in [1.29, 1.82) is 0 Å². The molecule has 1 aromatic heterocycles. The van der Waals surface area contributed by atoms with Crippen LogP contribution in [0.5, 0.6) is 5.88 Å². The summed E-state index contributed by atoms with van der Waals surface area (Å²) in [5.74, 6) is -0.543. The van der Waals surface area contributed by atoms with Gasteiger partial charge in [-0.2, -0.15) is 4.98 Å². The van der Waals surface area contributed by atoms with Gasteiger partial charge in [-0.25, -0.2) is 22.9 Å². The summed E-state index contributed by atoms with van der Waals surface area (Å²) in [6.07, 6.45) is -1.24. The van der Waals surface area contributed by atoms with E-state index >= 15 is 0 Å². The summed E-state index contributed by atoms with van der Waals surface area (Å²) in [5.41, 5.74) is 3.24. The van der Waals surface area contributed by atoms with Crippen molar-refractivity contribution in [3.63, 3.8) is 0 Å². The van der Waals surface area contributed by atoms with Gasteiger partial charge in [-0.15, -0.1) is 0 Å². The highest BCUT2D eigenvalue weighted by molar-refractivity contribution is 7.92. The van der Waals surface area contributed by atoms with Gasteiger partial charge in [-0.1, -0.05) is 24.3 Å². The number of fused-ring (bicyclic) bond motifs is 5. The average Bonchev–Trinajstić information content (AvgIpc) is 3.27. The van der Waals surface area contributed by atoms with E-state index in [1.54, 1.807) is 27.7 Å².